The first kappa shape index (κ1) is 22.1. The Morgan fingerprint density at radius 1 is 1.06 bits per heavy atom. The number of amides is 1. The van der Waals surface area contributed by atoms with Crippen molar-refractivity contribution >= 4 is 28.2 Å². The predicted molar refractivity (Wildman–Crippen MR) is 129 cm³/mol. The van der Waals surface area contributed by atoms with Crippen LogP contribution in [0.4, 0.5) is 0 Å². The molecule has 0 saturated carbocycles. The van der Waals surface area contributed by atoms with E-state index in [-0.39, 0.29) is 13.2 Å². The molecule has 10 nitrogen and oxygen atoms in total. The second kappa shape index (κ2) is 9.26. The van der Waals surface area contributed by atoms with Gasteiger partial charge in [-0.3, -0.25) is 9.59 Å². The van der Waals surface area contributed by atoms with Crippen LogP contribution in [0.25, 0.3) is 27.9 Å². The van der Waals surface area contributed by atoms with E-state index in [9.17, 15) is 9.59 Å². The lowest BCUT2D eigenvalue weighted by molar-refractivity contribution is -0.117. The zero-order valence-corrected chi connectivity index (χ0v) is 19.1. The molecule has 0 atom stereocenters. The number of H-pyrrole nitrogens is 1. The van der Waals surface area contributed by atoms with Crippen LogP contribution in [0, 0.1) is 6.92 Å². The second-order valence-electron chi connectivity index (χ2n) is 7.80. The fraction of sp³-hybridized carbons (Fsp3) is 0.160. The summed E-state index contributed by atoms with van der Waals surface area (Å²) < 4.78 is 12.5. The number of aryl methyl sites for hydroxylation is 1. The minimum absolute atomic E-state index is 0.126. The maximum atomic E-state index is 12.7. The average molecular weight is 470 g/mol. The number of hydrogen-bond acceptors (Lipinski definition) is 7. The number of fused-ring (bicyclic) bond motifs is 2. The molecule has 2 aromatic carbocycles. The lowest BCUT2D eigenvalue weighted by Crippen LogP contribution is -2.34. The number of aromatic amines is 1. The van der Waals surface area contributed by atoms with Crippen LogP contribution in [-0.2, 0) is 4.79 Å². The van der Waals surface area contributed by atoms with Crippen LogP contribution in [0.1, 0.15) is 16.1 Å². The highest BCUT2D eigenvalue weighted by molar-refractivity contribution is 6.45. The number of rotatable bonds is 8. The molecule has 5 rings (SSSR count). The van der Waals surface area contributed by atoms with Gasteiger partial charge in [0.1, 0.15) is 12.4 Å². The van der Waals surface area contributed by atoms with E-state index in [0.29, 0.717) is 34.4 Å². The summed E-state index contributed by atoms with van der Waals surface area (Å²) in [6, 6.07) is 18.2. The molecule has 0 unspecified atom stereocenters. The number of methoxy groups -OCH3 is 1. The van der Waals surface area contributed by atoms with Crippen molar-refractivity contribution in [2.75, 3.05) is 20.3 Å². The Hall–Kier alpha value is -4.73. The summed E-state index contributed by atoms with van der Waals surface area (Å²) in [4.78, 5) is 28.3. The average Bonchev–Trinajstić information content (AvgIpc) is 3.45. The van der Waals surface area contributed by atoms with Crippen LogP contribution in [0.2, 0.25) is 0 Å². The topological polar surface area (TPSA) is 123 Å². The quantitative estimate of drug-likeness (QED) is 0.203. The van der Waals surface area contributed by atoms with E-state index in [1.807, 2.05) is 48.5 Å². The number of Topliss-reactive ketones (excluding diaryl/α,β-unsaturated/α-hetero) is 1. The summed E-state index contributed by atoms with van der Waals surface area (Å²) in [5, 5.41) is 16.1. The zero-order valence-electron chi connectivity index (χ0n) is 19.1. The number of hydrogen-bond donors (Lipinski definition) is 2. The molecular weight excluding hydrogens is 448 g/mol. The van der Waals surface area contributed by atoms with Gasteiger partial charge < -0.3 is 19.8 Å². The van der Waals surface area contributed by atoms with Gasteiger partial charge in [0.05, 0.1) is 19.2 Å². The fourth-order valence-electron chi connectivity index (χ4n) is 3.87. The summed E-state index contributed by atoms with van der Waals surface area (Å²) in [6.07, 6.45) is 0. The van der Waals surface area contributed by atoms with Gasteiger partial charge >= 0.3 is 0 Å². The van der Waals surface area contributed by atoms with E-state index in [1.54, 1.807) is 30.7 Å². The van der Waals surface area contributed by atoms with Gasteiger partial charge in [0, 0.05) is 28.2 Å². The monoisotopic (exact) mass is 470 g/mol. The third-order valence-electron chi connectivity index (χ3n) is 5.53. The van der Waals surface area contributed by atoms with E-state index in [4.69, 9.17) is 9.47 Å². The van der Waals surface area contributed by atoms with Gasteiger partial charge in [-0.25, -0.2) is 0 Å². The number of nitrogens with zero attached hydrogens (tertiary/aromatic N) is 4. The van der Waals surface area contributed by atoms with Crippen LogP contribution in [0.3, 0.4) is 0 Å². The van der Waals surface area contributed by atoms with Gasteiger partial charge in [0.25, 0.3) is 11.7 Å². The fourth-order valence-corrected chi connectivity index (χ4v) is 3.87. The third-order valence-corrected chi connectivity index (χ3v) is 5.53. The lowest BCUT2D eigenvalue weighted by atomic mass is 10.1. The van der Waals surface area contributed by atoms with Gasteiger partial charge in [0.2, 0.25) is 5.88 Å². The smallest absolute Gasteiger partial charge is 0.292 e. The highest BCUT2D eigenvalue weighted by Gasteiger charge is 2.22. The first-order valence-corrected chi connectivity index (χ1v) is 10.9. The van der Waals surface area contributed by atoms with Crippen molar-refractivity contribution < 1.29 is 19.1 Å². The molecule has 0 fully saturated rings. The molecule has 10 heteroatoms. The van der Waals surface area contributed by atoms with Crippen LogP contribution in [-0.4, -0.2) is 56.7 Å². The van der Waals surface area contributed by atoms with Gasteiger partial charge in [-0.1, -0.05) is 30.3 Å². The van der Waals surface area contributed by atoms with Crippen molar-refractivity contribution in [1.29, 1.82) is 0 Å². The van der Waals surface area contributed by atoms with E-state index in [1.165, 1.54) is 0 Å². The molecule has 0 aliphatic carbocycles. The highest BCUT2D eigenvalue weighted by atomic mass is 16.5. The van der Waals surface area contributed by atoms with E-state index in [0.717, 1.165) is 16.5 Å². The molecule has 5 aromatic rings. The first-order valence-electron chi connectivity index (χ1n) is 10.9. The second-order valence-corrected chi connectivity index (χ2v) is 7.80. The molecule has 1 amide bonds. The van der Waals surface area contributed by atoms with Crippen molar-refractivity contribution in [3.05, 3.63) is 71.9 Å². The van der Waals surface area contributed by atoms with Crippen molar-refractivity contribution in [2.45, 2.75) is 6.92 Å². The largest absolute Gasteiger partial charge is 0.497 e. The van der Waals surface area contributed by atoms with Crippen LogP contribution in [0.15, 0.2) is 60.7 Å². The Kier molecular flexibility index (Phi) is 5.84. The van der Waals surface area contributed by atoms with Crippen LogP contribution in [0.5, 0.6) is 11.6 Å². The maximum absolute atomic E-state index is 12.7. The Labute approximate surface area is 199 Å². The van der Waals surface area contributed by atoms with Crippen molar-refractivity contribution in [3.63, 3.8) is 0 Å². The standard InChI is InChI=1S/C25H22N6O4/c1-15-22(18-8-3-4-9-19(18)27-15)23(32)25(33)26-12-13-35-21-11-10-20-28-29-24(31(20)30-21)16-6-5-7-17(14-16)34-2/h3-11,14,27H,12-13H2,1-2H3,(H,26,33). The molecule has 3 heterocycles. The first-order chi connectivity index (χ1) is 17.0. The molecule has 0 aliphatic rings. The third kappa shape index (κ3) is 4.29. The van der Waals surface area contributed by atoms with Crippen molar-refractivity contribution in [3.8, 4) is 23.0 Å². The summed E-state index contributed by atoms with van der Waals surface area (Å²) in [5.41, 5.74) is 3.20. The number of ether oxygens (including phenoxy) is 2. The van der Waals surface area contributed by atoms with Gasteiger partial charge in [0.15, 0.2) is 11.5 Å². The summed E-state index contributed by atoms with van der Waals surface area (Å²) in [5.74, 6) is 0.280. The number of carbonyl (C=O) groups is 2. The zero-order chi connectivity index (χ0) is 24.4. The predicted octanol–water partition coefficient (Wildman–Crippen LogP) is 2.97. The number of benzene rings is 2. The number of aromatic nitrogens is 5. The summed E-state index contributed by atoms with van der Waals surface area (Å²) >= 11 is 0. The van der Waals surface area contributed by atoms with Crippen LogP contribution >= 0.6 is 0 Å². The SMILES string of the molecule is COc1cccc(-c2nnc3ccc(OCCNC(=O)C(=O)c4c(C)[nH]c5ccccc45)nn23)c1. The normalized spacial score (nSPS) is 11.0. The molecule has 0 saturated heterocycles. The summed E-state index contributed by atoms with van der Waals surface area (Å²) in [6.45, 7) is 2.04. The number of ketones is 1. The van der Waals surface area contributed by atoms with E-state index < -0.39 is 11.7 Å². The number of nitrogens with one attached hydrogen (secondary N) is 2. The van der Waals surface area contributed by atoms with Crippen molar-refractivity contribution in [1.82, 2.24) is 30.1 Å². The minimum atomic E-state index is -0.691. The maximum Gasteiger partial charge on any atom is 0.292 e. The van der Waals surface area contributed by atoms with Gasteiger partial charge in [-0.2, -0.15) is 4.52 Å². The molecule has 3 aromatic heterocycles. The molecule has 35 heavy (non-hydrogen) atoms. The van der Waals surface area contributed by atoms with Crippen LogP contribution < -0.4 is 14.8 Å². The molecular formula is C25H22N6O4. The van der Waals surface area contributed by atoms with E-state index >= 15 is 0 Å². The van der Waals surface area contributed by atoms with Crippen molar-refractivity contribution in [2.24, 2.45) is 0 Å². The molecule has 2 N–H and O–H groups in total. The Morgan fingerprint density at radius 2 is 1.91 bits per heavy atom. The number of carbonyl (C=O) groups excluding carboxylic acids is 2. The van der Waals surface area contributed by atoms with E-state index in [2.05, 4.69) is 25.6 Å². The lowest BCUT2D eigenvalue weighted by Gasteiger charge is -2.08. The Morgan fingerprint density at radius 3 is 2.77 bits per heavy atom. The Bertz CT molecular complexity index is 1550. The van der Waals surface area contributed by atoms with Gasteiger partial charge in [-0.15, -0.1) is 15.3 Å². The van der Waals surface area contributed by atoms with Gasteiger partial charge in [-0.05, 0) is 31.2 Å². The minimum Gasteiger partial charge on any atom is -0.497 e. The molecule has 0 aliphatic heterocycles. The Balaban J connectivity index is 1.23. The highest BCUT2D eigenvalue weighted by Crippen LogP contribution is 2.24. The molecule has 176 valence electrons. The molecule has 0 radical (unpaired) electrons. The summed E-state index contributed by atoms with van der Waals surface area (Å²) in [7, 11) is 1.60. The number of para-hydroxylation sites is 1. The molecule has 0 spiro atoms. The molecule has 0 bridgehead atoms.